The Morgan fingerprint density at radius 3 is 1.92 bits per heavy atom. The molecule has 2 amide bonds. The third-order valence-electron chi connectivity index (χ3n) is 4.04. The van der Waals surface area contributed by atoms with Gasteiger partial charge in [-0.05, 0) is 17.7 Å². The molecular formula is C18H9F3N2O2. The summed E-state index contributed by atoms with van der Waals surface area (Å²) in [5.41, 5.74) is -0.565. The molecule has 0 radical (unpaired) electrons. The predicted molar refractivity (Wildman–Crippen MR) is 82.9 cm³/mol. The Bertz CT molecular complexity index is 1010. The molecule has 4 nitrogen and oxygen atoms in total. The monoisotopic (exact) mass is 342 g/mol. The van der Waals surface area contributed by atoms with Crippen molar-refractivity contribution in [1.29, 1.82) is 0 Å². The van der Waals surface area contributed by atoms with Gasteiger partial charge < -0.3 is 10.6 Å². The van der Waals surface area contributed by atoms with Crippen LogP contribution >= 0.6 is 0 Å². The molecule has 124 valence electrons. The molecule has 0 saturated heterocycles. The lowest BCUT2D eigenvalue weighted by Crippen LogP contribution is -2.22. The van der Waals surface area contributed by atoms with Crippen molar-refractivity contribution < 1.29 is 22.8 Å². The van der Waals surface area contributed by atoms with E-state index in [2.05, 4.69) is 10.6 Å². The highest BCUT2D eigenvalue weighted by atomic mass is 19.2. The Morgan fingerprint density at radius 1 is 0.680 bits per heavy atom. The summed E-state index contributed by atoms with van der Waals surface area (Å²) >= 11 is 0. The smallest absolute Gasteiger partial charge is 0.258 e. The van der Waals surface area contributed by atoms with E-state index in [-0.39, 0.29) is 22.5 Å². The minimum absolute atomic E-state index is 0.0192. The second-order valence-corrected chi connectivity index (χ2v) is 5.49. The number of benzene rings is 2. The lowest BCUT2D eigenvalue weighted by atomic mass is 10.0. The van der Waals surface area contributed by atoms with Crippen LogP contribution < -0.4 is 10.6 Å². The first-order valence-corrected chi connectivity index (χ1v) is 7.30. The van der Waals surface area contributed by atoms with Crippen molar-refractivity contribution in [3.63, 3.8) is 0 Å². The molecule has 0 unspecified atom stereocenters. The molecular weight excluding hydrogens is 333 g/mol. The number of hydrogen-bond acceptors (Lipinski definition) is 2. The van der Waals surface area contributed by atoms with E-state index in [1.165, 1.54) is 0 Å². The summed E-state index contributed by atoms with van der Waals surface area (Å²) in [6.45, 7) is 0. The lowest BCUT2D eigenvalue weighted by Gasteiger charge is -2.09. The molecule has 2 aromatic rings. The normalized spacial score (nSPS) is 16.3. The fourth-order valence-electron chi connectivity index (χ4n) is 2.95. The number of hydrogen-bond donors (Lipinski definition) is 2. The highest BCUT2D eigenvalue weighted by molar-refractivity contribution is 6.30. The molecule has 2 aliphatic rings. The number of rotatable bonds is 2. The number of nitrogens with one attached hydrogen (secondary N) is 2. The molecule has 2 N–H and O–H groups in total. The number of halogens is 3. The van der Waals surface area contributed by atoms with Crippen LogP contribution in [0.1, 0.15) is 11.1 Å². The quantitative estimate of drug-likeness (QED) is 0.824. The van der Waals surface area contributed by atoms with Crippen LogP contribution in [-0.4, -0.2) is 11.8 Å². The maximum Gasteiger partial charge on any atom is 0.258 e. The zero-order valence-electron chi connectivity index (χ0n) is 12.5. The van der Waals surface area contributed by atoms with Crippen molar-refractivity contribution in [3.05, 3.63) is 82.2 Å². The number of fused-ring (bicyclic) bond motifs is 1. The molecule has 4 rings (SSSR count). The van der Waals surface area contributed by atoms with E-state index in [1.54, 1.807) is 30.3 Å². The molecule has 0 aliphatic carbocycles. The summed E-state index contributed by atoms with van der Waals surface area (Å²) in [6, 6.07) is 9.93. The minimum atomic E-state index is -1.47. The summed E-state index contributed by atoms with van der Waals surface area (Å²) in [5, 5.41) is 4.83. The second-order valence-electron chi connectivity index (χ2n) is 5.49. The van der Waals surface area contributed by atoms with Gasteiger partial charge in [-0.1, -0.05) is 30.3 Å². The molecule has 0 spiro atoms. The molecule has 2 heterocycles. The van der Waals surface area contributed by atoms with E-state index in [9.17, 15) is 22.8 Å². The molecule has 0 fully saturated rings. The summed E-state index contributed by atoms with van der Waals surface area (Å²) in [5.74, 6) is -5.21. The molecule has 0 atom stereocenters. The molecule has 2 aromatic carbocycles. The van der Waals surface area contributed by atoms with Crippen LogP contribution in [0.2, 0.25) is 0 Å². The van der Waals surface area contributed by atoms with Crippen LogP contribution in [0.25, 0.3) is 11.4 Å². The van der Waals surface area contributed by atoms with Gasteiger partial charge in [-0.25, -0.2) is 13.2 Å². The number of amides is 2. The van der Waals surface area contributed by atoms with Crippen molar-refractivity contribution >= 4 is 23.2 Å². The van der Waals surface area contributed by atoms with Gasteiger partial charge in [-0.3, -0.25) is 9.59 Å². The average Bonchev–Trinajstić information content (AvgIpc) is 3.12. The van der Waals surface area contributed by atoms with E-state index >= 15 is 0 Å². The van der Waals surface area contributed by atoms with Gasteiger partial charge in [-0.2, -0.15) is 0 Å². The van der Waals surface area contributed by atoms with E-state index in [1.807, 2.05) is 0 Å². The Hall–Kier alpha value is -3.35. The van der Waals surface area contributed by atoms with Crippen molar-refractivity contribution in [2.75, 3.05) is 0 Å². The third kappa shape index (κ3) is 2.16. The van der Waals surface area contributed by atoms with Gasteiger partial charge in [0.05, 0.1) is 28.1 Å². The second kappa shape index (κ2) is 5.34. The Balaban J connectivity index is 1.98. The van der Waals surface area contributed by atoms with Crippen molar-refractivity contribution in [3.8, 4) is 0 Å². The summed E-state index contributed by atoms with van der Waals surface area (Å²) < 4.78 is 41.7. The van der Waals surface area contributed by atoms with Gasteiger partial charge in [0, 0.05) is 0 Å². The zero-order chi connectivity index (χ0) is 17.7. The SMILES string of the molecule is O=C1NC(c2c(F)ccc(F)c2F)=C2C(=O)NC(c3ccccc3)=C12. The summed E-state index contributed by atoms with van der Waals surface area (Å²) in [7, 11) is 0. The molecule has 0 bridgehead atoms. The minimum Gasteiger partial charge on any atom is -0.321 e. The van der Waals surface area contributed by atoms with Gasteiger partial charge in [0.25, 0.3) is 11.8 Å². The van der Waals surface area contributed by atoms with Crippen LogP contribution in [-0.2, 0) is 9.59 Å². The van der Waals surface area contributed by atoms with Crippen molar-refractivity contribution in [2.24, 2.45) is 0 Å². The standard InChI is InChI=1S/C18H9F3N2O2/c19-9-6-7-10(20)14(21)11(9)16-13-12(17(24)23-16)15(22-18(13)25)8-4-2-1-3-5-8/h1-7H,(H,22,25)(H,23,24). The fraction of sp³-hybridized carbons (Fsp3) is 0. The van der Waals surface area contributed by atoms with Gasteiger partial charge in [0.1, 0.15) is 5.82 Å². The van der Waals surface area contributed by atoms with E-state index in [0.29, 0.717) is 11.6 Å². The first kappa shape index (κ1) is 15.2. The highest BCUT2D eigenvalue weighted by Gasteiger charge is 2.42. The maximum absolute atomic E-state index is 14.1. The largest absolute Gasteiger partial charge is 0.321 e. The topological polar surface area (TPSA) is 58.2 Å². The highest BCUT2D eigenvalue weighted by Crippen LogP contribution is 2.38. The van der Waals surface area contributed by atoms with Gasteiger partial charge >= 0.3 is 0 Å². The molecule has 25 heavy (non-hydrogen) atoms. The van der Waals surface area contributed by atoms with Crippen LogP contribution in [0.15, 0.2) is 53.6 Å². The molecule has 0 aromatic heterocycles. The van der Waals surface area contributed by atoms with Crippen molar-refractivity contribution in [1.82, 2.24) is 10.6 Å². The third-order valence-corrected chi connectivity index (χ3v) is 4.04. The Morgan fingerprint density at radius 2 is 1.24 bits per heavy atom. The van der Waals surface area contributed by atoms with E-state index in [0.717, 1.165) is 6.07 Å². The van der Waals surface area contributed by atoms with Crippen LogP contribution in [0.5, 0.6) is 0 Å². The lowest BCUT2D eigenvalue weighted by molar-refractivity contribution is -0.117. The van der Waals surface area contributed by atoms with Crippen LogP contribution in [0, 0.1) is 17.5 Å². The van der Waals surface area contributed by atoms with Gasteiger partial charge in [0.15, 0.2) is 11.6 Å². The van der Waals surface area contributed by atoms with Gasteiger partial charge in [-0.15, -0.1) is 0 Å². The molecule has 2 aliphatic heterocycles. The van der Waals surface area contributed by atoms with Crippen LogP contribution in [0.3, 0.4) is 0 Å². The zero-order valence-corrected chi connectivity index (χ0v) is 12.5. The summed E-state index contributed by atoms with van der Waals surface area (Å²) in [4.78, 5) is 24.7. The number of carbonyl (C=O) groups is 2. The van der Waals surface area contributed by atoms with Crippen LogP contribution in [0.4, 0.5) is 13.2 Å². The number of carbonyl (C=O) groups excluding carboxylic acids is 2. The van der Waals surface area contributed by atoms with E-state index < -0.39 is 34.8 Å². The summed E-state index contributed by atoms with van der Waals surface area (Å²) in [6.07, 6.45) is 0. The first-order chi connectivity index (χ1) is 12.0. The first-order valence-electron chi connectivity index (χ1n) is 7.30. The Labute approximate surface area is 139 Å². The fourth-order valence-corrected chi connectivity index (χ4v) is 2.95. The predicted octanol–water partition coefficient (Wildman–Crippen LogP) is 2.49. The average molecular weight is 342 g/mol. The van der Waals surface area contributed by atoms with Gasteiger partial charge in [0.2, 0.25) is 0 Å². The maximum atomic E-state index is 14.1. The van der Waals surface area contributed by atoms with Crippen molar-refractivity contribution in [2.45, 2.75) is 0 Å². The Kier molecular flexibility index (Phi) is 3.24. The molecule has 7 heteroatoms. The van der Waals surface area contributed by atoms with E-state index in [4.69, 9.17) is 0 Å². The molecule has 0 saturated carbocycles.